The minimum Gasteiger partial charge on any atom is -0.369 e. The van der Waals surface area contributed by atoms with Crippen molar-refractivity contribution < 1.29 is 0 Å². The maximum Gasteiger partial charge on any atom is 0.0677 e. The summed E-state index contributed by atoms with van der Waals surface area (Å²) in [5.74, 6) is 0. The molecule has 2 rings (SSSR count). The average Bonchev–Trinajstić information content (AvgIpc) is 1.64. The highest BCUT2D eigenvalue weighted by molar-refractivity contribution is 6.43. The summed E-state index contributed by atoms with van der Waals surface area (Å²) in [4.78, 5) is 0. The van der Waals surface area contributed by atoms with Gasteiger partial charge in [-0.15, -0.1) is 0 Å². The van der Waals surface area contributed by atoms with E-state index < -0.39 is 0 Å². The van der Waals surface area contributed by atoms with Gasteiger partial charge in [-0.2, -0.15) is 0 Å². The van der Waals surface area contributed by atoms with Crippen molar-refractivity contribution >= 4 is 23.2 Å². The van der Waals surface area contributed by atoms with Crippen LogP contribution in [0.1, 0.15) is 0 Å². The van der Waals surface area contributed by atoms with E-state index in [1.54, 1.807) is 0 Å². The maximum absolute atomic E-state index is 5.63. The molecule has 2 aliphatic carbocycles. The molecule has 0 aromatic heterocycles. The number of benzene rings is 1. The standard InChI is InChI=1S/C6H2Cl2.H3N/c7-5-3-1-2-4(3)6(5)8;/h1-2H;1H3/p+1. The summed E-state index contributed by atoms with van der Waals surface area (Å²) in [6.45, 7) is 0. The molecule has 1 nitrogen and oxygen atoms in total. The Balaban J connectivity index is 0.000000405. The van der Waals surface area contributed by atoms with Crippen molar-refractivity contribution in [2.24, 2.45) is 0 Å². The van der Waals surface area contributed by atoms with Gasteiger partial charge in [-0.25, -0.2) is 0 Å². The van der Waals surface area contributed by atoms with Crippen molar-refractivity contribution in [3.8, 4) is 0 Å². The molecular weight excluding hydrogens is 157 g/mol. The number of hydrogen-bond donors (Lipinski definition) is 1. The van der Waals surface area contributed by atoms with Crippen molar-refractivity contribution in [3.05, 3.63) is 32.6 Å². The van der Waals surface area contributed by atoms with E-state index in [0.29, 0.717) is 0 Å². The Labute approximate surface area is 62.5 Å². The second-order valence-electron chi connectivity index (χ2n) is 1.79. The molecule has 0 aromatic rings. The summed E-state index contributed by atoms with van der Waals surface area (Å²) < 4.78 is 0. The first kappa shape index (κ1) is 6.87. The molecule has 48 valence electrons. The van der Waals surface area contributed by atoms with Gasteiger partial charge in [0, 0.05) is 10.4 Å². The van der Waals surface area contributed by atoms with E-state index >= 15 is 0 Å². The molecule has 2 aliphatic rings. The van der Waals surface area contributed by atoms with Gasteiger partial charge >= 0.3 is 0 Å². The third-order valence-electron chi connectivity index (χ3n) is 1.37. The molecule has 0 atom stereocenters. The summed E-state index contributed by atoms with van der Waals surface area (Å²) in [6.07, 6.45) is 0. The molecule has 0 heterocycles. The first-order valence-electron chi connectivity index (χ1n) is 2.29. The zero-order valence-electron chi connectivity index (χ0n) is 4.91. The SMILES string of the molecule is Clc1c(Cl)c2ccc1=2.[NH4+]. The van der Waals surface area contributed by atoms with E-state index in [4.69, 9.17) is 23.2 Å². The Morgan fingerprint density at radius 2 is 1.22 bits per heavy atom. The van der Waals surface area contributed by atoms with Crippen LogP contribution in [0.25, 0.3) is 0 Å². The number of rotatable bonds is 0. The van der Waals surface area contributed by atoms with Gasteiger partial charge in [-0.1, -0.05) is 35.3 Å². The fraction of sp³-hybridized carbons (Fsp3) is 0. The van der Waals surface area contributed by atoms with Crippen LogP contribution >= 0.6 is 23.2 Å². The lowest BCUT2D eigenvalue weighted by molar-refractivity contribution is 1.38. The van der Waals surface area contributed by atoms with Gasteiger partial charge in [0.1, 0.15) is 0 Å². The van der Waals surface area contributed by atoms with Gasteiger partial charge in [0.05, 0.1) is 10.0 Å². The van der Waals surface area contributed by atoms with E-state index in [9.17, 15) is 0 Å². The molecule has 0 saturated carbocycles. The van der Waals surface area contributed by atoms with E-state index in [-0.39, 0.29) is 6.15 Å². The lowest BCUT2D eigenvalue weighted by atomic mass is 10.1. The topological polar surface area (TPSA) is 36.5 Å². The van der Waals surface area contributed by atoms with Gasteiger partial charge in [-0.05, 0) is 0 Å². The highest BCUT2D eigenvalue weighted by atomic mass is 35.5. The van der Waals surface area contributed by atoms with Gasteiger partial charge in [-0.3, -0.25) is 0 Å². The average molecular weight is 163 g/mol. The van der Waals surface area contributed by atoms with Crippen molar-refractivity contribution in [2.45, 2.75) is 0 Å². The highest BCUT2D eigenvalue weighted by Gasteiger charge is 2.10. The van der Waals surface area contributed by atoms with Crippen molar-refractivity contribution in [1.29, 1.82) is 0 Å². The van der Waals surface area contributed by atoms with Crippen LogP contribution in [0.2, 0.25) is 10.0 Å². The summed E-state index contributed by atoms with van der Waals surface area (Å²) in [5, 5.41) is 3.70. The van der Waals surface area contributed by atoms with Gasteiger partial charge in [0.2, 0.25) is 0 Å². The molecule has 0 radical (unpaired) electrons. The summed E-state index contributed by atoms with van der Waals surface area (Å²) in [5.41, 5.74) is 0. The molecule has 4 N–H and O–H groups in total. The van der Waals surface area contributed by atoms with Crippen molar-refractivity contribution in [3.63, 3.8) is 0 Å². The third-order valence-corrected chi connectivity index (χ3v) is 2.25. The Morgan fingerprint density at radius 3 is 1.33 bits per heavy atom. The number of halogens is 2. The van der Waals surface area contributed by atoms with E-state index in [1.807, 2.05) is 12.1 Å². The van der Waals surface area contributed by atoms with Crippen LogP contribution in [-0.4, -0.2) is 0 Å². The quantitative estimate of drug-likeness (QED) is 0.619. The molecule has 0 aromatic carbocycles. The number of quaternary nitrogens is 1. The molecule has 3 heteroatoms. The Bertz CT molecular complexity index is 299. The fourth-order valence-corrected chi connectivity index (χ4v) is 1.34. The van der Waals surface area contributed by atoms with Crippen LogP contribution in [0.15, 0.2) is 12.1 Å². The molecule has 0 fully saturated rings. The van der Waals surface area contributed by atoms with Crippen molar-refractivity contribution in [1.82, 2.24) is 6.15 Å². The summed E-state index contributed by atoms with van der Waals surface area (Å²) in [6, 6.07) is 3.92. The van der Waals surface area contributed by atoms with Gasteiger partial charge in [0.15, 0.2) is 0 Å². The summed E-state index contributed by atoms with van der Waals surface area (Å²) in [7, 11) is 0. The molecular formula is C6H6Cl2N+. The molecule has 0 saturated heterocycles. The van der Waals surface area contributed by atoms with Crippen LogP contribution in [0.3, 0.4) is 0 Å². The fourth-order valence-electron chi connectivity index (χ4n) is 0.807. The molecule has 0 unspecified atom stereocenters. The Morgan fingerprint density at radius 1 is 0.889 bits per heavy atom. The smallest absolute Gasteiger partial charge is 0.0677 e. The van der Waals surface area contributed by atoms with E-state index in [2.05, 4.69) is 0 Å². The minimum absolute atomic E-state index is 0. The summed E-state index contributed by atoms with van der Waals surface area (Å²) >= 11 is 11.3. The Hall–Kier alpha value is -0.240. The lowest BCUT2D eigenvalue weighted by Crippen LogP contribution is -1.89. The zero-order chi connectivity index (χ0) is 5.72. The minimum atomic E-state index is 0. The predicted molar refractivity (Wildman–Crippen MR) is 40.1 cm³/mol. The van der Waals surface area contributed by atoms with E-state index in [0.717, 1.165) is 20.5 Å². The van der Waals surface area contributed by atoms with Crippen LogP contribution < -0.4 is 6.15 Å². The van der Waals surface area contributed by atoms with Crippen molar-refractivity contribution in [2.75, 3.05) is 0 Å². The van der Waals surface area contributed by atoms with Crippen LogP contribution in [0.5, 0.6) is 0 Å². The molecule has 0 spiro atoms. The molecule has 0 bridgehead atoms. The first-order chi connectivity index (χ1) is 3.80. The van der Waals surface area contributed by atoms with Crippen LogP contribution in [0.4, 0.5) is 0 Å². The van der Waals surface area contributed by atoms with Crippen LogP contribution in [0, 0.1) is 10.4 Å². The lowest BCUT2D eigenvalue weighted by Gasteiger charge is -2.07. The number of hydrogen-bond acceptors (Lipinski definition) is 0. The largest absolute Gasteiger partial charge is 0.369 e. The first-order valence-corrected chi connectivity index (χ1v) is 3.04. The second kappa shape index (κ2) is 1.87. The monoisotopic (exact) mass is 162 g/mol. The molecule has 9 heavy (non-hydrogen) atoms. The zero-order valence-corrected chi connectivity index (χ0v) is 6.42. The molecule has 0 amide bonds. The second-order valence-corrected chi connectivity index (χ2v) is 2.54. The highest BCUT2D eigenvalue weighted by Crippen LogP contribution is 2.32. The van der Waals surface area contributed by atoms with Gasteiger partial charge < -0.3 is 6.15 Å². The Kier molecular flexibility index (Phi) is 1.43. The normalized spacial score (nSPS) is 10.4. The van der Waals surface area contributed by atoms with Gasteiger partial charge in [0.25, 0.3) is 0 Å². The molecule has 0 aliphatic heterocycles. The van der Waals surface area contributed by atoms with E-state index in [1.165, 1.54) is 0 Å². The predicted octanol–water partition coefficient (Wildman–Crippen LogP) is 2.97. The van der Waals surface area contributed by atoms with Crippen LogP contribution in [-0.2, 0) is 0 Å². The third kappa shape index (κ3) is 0.597. The maximum atomic E-state index is 5.63.